The molecule has 0 saturated carbocycles. The van der Waals surface area contributed by atoms with Crippen LogP contribution >= 0.6 is 0 Å². The fourth-order valence-corrected chi connectivity index (χ4v) is 2.38. The predicted octanol–water partition coefficient (Wildman–Crippen LogP) is 6.02. The van der Waals surface area contributed by atoms with Gasteiger partial charge < -0.3 is 0 Å². The zero-order valence-corrected chi connectivity index (χ0v) is 14.9. The predicted molar refractivity (Wildman–Crippen MR) is 99.5 cm³/mol. The molecule has 0 atom stereocenters. The third kappa shape index (κ3) is 10.6. The van der Waals surface area contributed by atoms with Crippen LogP contribution in [0.2, 0.25) is 0 Å². The Hall–Kier alpha value is -1.70. The second-order valence-electron chi connectivity index (χ2n) is 5.91. The lowest BCUT2D eigenvalue weighted by molar-refractivity contribution is 0.660. The molecule has 2 rings (SSSR count). The molecular formula is C21H32N2. The zero-order chi connectivity index (χ0) is 16.6. The second-order valence-corrected chi connectivity index (χ2v) is 5.91. The molecule has 0 aliphatic heterocycles. The molecule has 0 aliphatic carbocycles. The summed E-state index contributed by atoms with van der Waals surface area (Å²) >= 11 is 0. The van der Waals surface area contributed by atoms with E-state index in [9.17, 15) is 0 Å². The minimum absolute atomic E-state index is 1.13. The Kier molecular flexibility index (Phi) is 11.7. The van der Waals surface area contributed by atoms with Gasteiger partial charge in [-0.15, -0.1) is 0 Å². The van der Waals surface area contributed by atoms with E-state index in [1.807, 2.05) is 30.6 Å². The summed E-state index contributed by atoms with van der Waals surface area (Å²) < 4.78 is 0. The summed E-state index contributed by atoms with van der Waals surface area (Å²) in [5, 5.41) is 0. The van der Waals surface area contributed by atoms with Gasteiger partial charge >= 0.3 is 0 Å². The van der Waals surface area contributed by atoms with E-state index in [0.29, 0.717) is 0 Å². The van der Waals surface area contributed by atoms with E-state index in [1.54, 1.807) is 0 Å². The van der Waals surface area contributed by atoms with Gasteiger partial charge in [0.1, 0.15) is 0 Å². The first-order valence-electron chi connectivity index (χ1n) is 9.16. The Morgan fingerprint density at radius 2 is 1.09 bits per heavy atom. The van der Waals surface area contributed by atoms with Gasteiger partial charge in [-0.25, -0.2) is 0 Å². The normalized spacial score (nSPS) is 10.0. The lowest BCUT2D eigenvalue weighted by atomic mass is 10.1. The van der Waals surface area contributed by atoms with Crippen LogP contribution in [-0.2, 0) is 12.8 Å². The Balaban J connectivity index is 0.000000231. The maximum Gasteiger partial charge on any atom is 0.0403 e. The van der Waals surface area contributed by atoms with E-state index < -0.39 is 0 Å². The smallest absolute Gasteiger partial charge is 0.0403 e. The van der Waals surface area contributed by atoms with Crippen molar-refractivity contribution < 1.29 is 0 Å². The highest BCUT2D eigenvalue weighted by molar-refractivity contribution is 5.03. The van der Waals surface area contributed by atoms with Gasteiger partial charge in [-0.2, -0.15) is 0 Å². The van der Waals surface area contributed by atoms with Gasteiger partial charge in [-0.3, -0.25) is 9.97 Å². The number of aromatic nitrogens is 2. The Morgan fingerprint density at radius 3 is 1.52 bits per heavy atom. The molecule has 0 N–H and O–H groups in total. The van der Waals surface area contributed by atoms with Crippen molar-refractivity contribution in [2.45, 2.75) is 71.6 Å². The first-order valence-corrected chi connectivity index (χ1v) is 9.16. The van der Waals surface area contributed by atoms with Crippen LogP contribution in [0.1, 0.15) is 70.2 Å². The third-order valence-corrected chi connectivity index (χ3v) is 3.78. The van der Waals surface area contributed by atoms with Gasteiger partial charge in [0.15, 0.2) is 0 Å². The Bertz CT molecular complexity index is 468. The van der Waals surface area contributed by atoms with Crippen molar-refractivity contribution in [3.05, 3.63) is 60.2 Å². The molecule has 0 saturated heterocycles. The van der Waals surface area contributed by atoms with Gasteiger partial charge in [0.05, 0.1) is 0 Å². The quantitative estimate of drug-likeness (QED) is 0.529. The van der Waals surface area contributed by atoms with Crippen LogP contribution in [0.3, 0.4) is 0 Å². The van der Waals surface area contributed by atoms with Crippen LogP contribution in [-0.4, -0.2) is 9.97 Å². The highest BCUT2D eigenvalue weighted by atomic mass is 14.7. The summed E-state index contributed by atoms with van der Waals surface area (Å²) in [5.74, 6) is 0. The van der Waals surface area contributed by atoms with Crippen LogP contribution in [0, 0.1) is 0 Å². The van der Waals surface area contributed by atoms with Gasteiger partial charge in [-0.05, 0) is 49.9 Å². The molecule has 126 valence electrons. The summed E-state index contributed by atoms with van der Waals surface area (Å²) in [6, 6.07) is 12.2. The molecule has 2 aromatic rings. The van der Waals surface area contributed by atoms with E-state index >= 15 is 0 Å². The molecule has 0 amide bonds. The van der Waals surface area contributed by atoms with Crippen molar-refractivity contribution in [1.29, 1.82) is 0 Å². The van der Waals surface area contributed by atoms with Crippen molar-refractivity contribution in [2.75, 3.05) is 0 Å². The maximum absolute atomic E-state index is 4.28. The Labute approximate surface area is 142 Å². The SMILES string of the molecule is CCCCCCc1ccccn1.CCCCCc1ccccn1. The molecule has 23 heavy (non-hydrogen) atoms. The van der Waals surface area contributed by atoms with Crippen LogP contribution in [0.5, 0.6) is 0 Å². The average molecular weight is 313 g/mol. The summed E-state index contributed by atoms with van der Waals surface area (Å²) in [5.41, 5.74) is 2.45. The lowest BCUT2D eigenvalue weighted by Gasteiger charge is -1.98. The molecule has 2 heterocycles. The van der Waals surface area contributed by atoms with E-state index in [2.05, 4.69) is 42.0 Å². The van der Waals surface area contributed by atoms with Crippen LogP contribution in [0.15, 0.2) is 48.8 Å². The minimum Gasteiger partial charge on any atom is -0.261 e. The molecule has 0 unspecified atom stereocenters. The van der Waals surface area contributed by atoms with Gasteiger partial charge in [-0.1, -0.05) is 58.1 Å². The summed E-state index contributed by atoms with van der Waals surface area (Å²) in [6.07, 6.45) is 15.2. The van der Waals surface area contributed by atoms with Crippen molar-refractivity contribution >= 4 is 0 Å². The molecule has 0 bridgehead atoms. The molecule has 0 aromatic carbocycles. The maximum atomic E-state index is 4.28. The fourth-order valence-electron chi connectivity index (χ4n) is 2.38. The molecule has 2 heteroatoms. The number of hydrogen-bond donors (Lipinski definition) is 0. The first-order chi connectivity index (χ1) is 11.4. The summed E-state index contributed by atoms with van der Waals surface area (Å²) in [7, 11) is 0. The molecule has 0 aliphatic rings. The van der Waals surface area contributed by atoms with E-state index in [0.717, 1.165) is 12.8 Å². The monoisotopic (exact) mass is 312 g/mol. The van der Waals surface area contributed by atoms with Crippen LogP contribution in [0.25, 0.3) is 0 Å². The summed E-state index contributed by atoms with van der Waals surface area (Å²) in [4.78, 5) is 8.53. The molecule has 2 nitrogen and oxygen atoms in total. The fraction of sp³-hybridized carbons (Fsp3) is 0.524. The number of hydrogen-bond acceptors (Lipinski definition) is 2. The van der Waals surface area contributed by atoms with Crippen molar-refractivity contribution in [2.24, 2.45) is 0 Å². The van der Waals surface area contributed by atoms with Gasteiger partial charge in [0.25, 0.3) is 0 Å². The van der Waals surface area contributed by atoms with Gasteiger partial charge in [0, 0.05) is 23.8 Å². The molecular weight excluding hydrogens is 280 g/mol. The van der Waals surface area contributed by atoms with Crippen LogP contribution < -0.4 is 0 Å². The molecule has 0 fully saturated rings. The molecule has 0 spiro atoms. The van der Waals surface area contributed by atoms with Crippen molar-refractivity contribution in [3.63, 3.8) is 0 Å². The largest absolute Gasteiger partial charge is 0.261 e. The second kappa shape index (κ2) is 13.9. The standard InChI is InChI=1S/C11H17N.C10H15N/c1-2-3-4-5-8-11-9-6-7-10-12-11;1-2-3-4-7-10-8-5-6-9-11-10/h6-7,9-10H,2-5,8H2,1H3;5-6,8-9H,2-4,7H2,1H3. The summed E-state index contributed by atoms with van der Waals surface area (Å²) in [6.45, 7) is 4.46. The van der Waals surface area contributed by atoms with Gasteiger partial charge in [0.2, 0.25) is 0 Å². The molecule has 2 aromatic heterocycles. The number of aryl methyl sites for hydroxylation is 2. The topological polar surface area (TPSA) is 25.8 Å². The zero-order valence-electron chi connectivity index (χ0n) is 14.9. The highest BCUT2D eigenvalue weighted by Gasteiger charge is 1.92. The van der Waals surface area contributed by atoms with E-state index in [1.165, 1.54) is 56.3 Å². The Morgan fingerprint density at radius 1 is 0.609 bits per heavy atom. The van der Waals surface area contributed by atoms with Crippen molar-refractivity contribution in [1.82, 2.24) is 9.97 Å². The van der Waals surface area contributed by atoms with E-state index in [4.69, 9.17) is 0 Å². The number of nitrogens with zero attached hydrogens (tertiary/aromatic N) is 2. The minimum atomic E-state index is 1.13. The van der Waals surface area contributed by atoms with Crippen molar-refractivity contribution in [3.8, 4) is 0 Å². The molecule has 0 radical (unpaired) electrons. The van der Waals surface area contributed by atoms with E-state index in [-0.39, 0.29) is 0 Å². The first kappa shape index (κ1) is 19.3. The number of unbranched alkanes of at least 4 members (excludes halogenated alkanes) is 5. The number of pyridine rings is 2. The lowest BCUT2D eigenvalue weighted by Crippen LogP contribution is -1.88. The third-order valence-electron chi connectivity index (χ3n) is 3.78. The van der Waals surface area contributed by atoms with Crippen LogP contribution in [0.4, 0.5) is 0 Å². The number of rotatable bonds is 9. The average Bonchev–Trinajstić information content (AvgIpc) is 2.61. The highest BCUT2D eigenvalue weighted by Crippen LogP contribution is 2.04.